The van der Waals surface area contributed by atoms with E-state index >= 15 is 0 Å². The summed E-state index contributed by atoms with van der Waals surface area (Å²) in [7, 11) is 0. The zero-order chi connectivity index (χ0) is 9.80. The van der Waals surface area contributed by atoms with Crippen molar-refractivity contribution in [1.29, 1.82) is 0 Å². The van der Waals surface area contributed by atoms with E-state index < -0.39 is 0 Å². The number of thioether (sulfide) groups is 1. The molecule has 0 radical (unpaired) electrons. The maximum atomic E-state index is 4.22. The summed E-state index contributed by atoms with van der Waals surface area (Å²) in [6.45, 7) is 3.24. The summed E-state index contributed by atoms with van der Waals surface area (Å²) in [4.78, 5) is 4.22. The Morgan fingerprint density at radius 1 is 1.64 bits per heavy atom. The Labute approximate surface area is 92.9 Å². The Hall–Kier alpha value is -0.130. The van der Waals surface area contributed by atoms with E-state index in [9.17, 15) is 0 Å². The molecule has 1 N–H and O–H groups in total. The molecule has 1 aliphatic rings. The number of aromatic nitrogens is 2. The first-order valence-corrected chi connectivity index (χ1v) is 6.72. The number of hydrogen-bond acceptors (Lipinski definition) is 5. The van der Waals surface area contributed by atoms with Crippen molar-refractivity contribution >= 4 is 23.3 Å². The molecule has 0 spiro atoms. The number of nitrogens with one attached hydrogen (secondary N) is 1. The molecule has 1 aliphatic carbocycles. The molecule has 78 valence electrons. The average Bonchev–Trinajstić information content (AvgIpc) is 2.80. The van der Waals surface area contributed by atoms with Gasteiger partial charge in [0.05, 0.1) is 0 Å². The lowest BCUT2D eigenvalue weighted by Gasteiger charge is -2.18. The minimum atomic E-state index is 0.675. The summed E-state index contributed by atoms with van der Waals surface area (Å²) < 4.78 is 5.14. The lowest BCUT2D eigenvalue weighted by molar-refractivity contribution is 0.551. The molecule has 1 saturated carbocycles. The zero-order valence-electron chi connectivity index (χ0n) is 8.27. The van der Waals surface area contributed by atoms with Gasteiger partial charge in [0.2, 0.25) is 0 Å². The van der Waals surface area contributed by atoms with Crippen LogP contribution < -0.4 is 5.32 Å². The molecule has 0 saturated heterocycles. The van der Waals surface area contributed by atoms with Crippen molar-refractivity contribution in [2.45, 2.75) is 41.8 Å². The molecule has 1 aromatic heterocycles. The minimum Gasteiger partial charge on any atom is -0.313 e. The average molecular weight is 229 g/mol. The standard InChI is InChI=1S/C9H15N3S2/c1-2-10-7-4-3-5-8(7)13-9-11-6-12-14-9/h6-8,10H,2-5H2,1H3. The van der Waals surface area contributed by atoms with Crippen molar-refractivity contribution in [3.8, 4) is 0 Å². The van der Waals surface area contributed by atoms with Crippen LogP contribution in [0, 0.1) is 0 Å². The van der Waals surface area contributed by atoms with E-state index in [1.54, 1.807) is 6.33 Å². The molecule has 5 heteroatoms. The molecule has 2 unspecified atom stereocenters. The van der Waals surface area contributed by atoms with E-state index in [4.69, 9.17) is 0 Å². The fourth-order valence-electron chi connectivity index (χ4n) is 1.91. The predicted octanol–water partition coefficient (Wildman–Crippen LogP) is 2.16. The van der Waals surface area contributed by atoms with Crippen molar-refractivity contribution < 1.29 is 0 Å². The third-order valence-electron chi connectivity index (χ3n) is 2.51. The molecule has 1 heterocycles. The molecule has 14 heavy (non-hydrogen) atoms. The first kappa shape index (κ1) is 10.4. The summed E-state index contributed by atoms with van der Waals surface area (Å²) in [5.41, 5.74) is 0. The molecule has 3 nitrogen and oxygen atoms in total. The van der Waals surface area contributed by atoms with Crippen molar-refractivity contribution in [3.05, 3.63) is 6.33 Å². The quantitative estimate of drug-likeness (QED) is 0.858. The van der Waals surface area contributed by atoms with E-state index in [1.807, 2.05) is 11.8 Å². The van der Waals surface area contributed by atoms with E-state index in [2.05, 4.69) is 21.6 Å². The van der Waals surface area contributed by atoms with Crippen molar-refractivity contribution in [3.63, 3.8) is 0 Å². The van der Waals surface area contributed by atoms with E-state index in [0.29, 0.717) is 11.3 Å². The van der Waals surface area contributed by atoms with E-state index in [0.717, 1.165) is 10.9 Å². The van der Waals surface area contributed by atoms with Crippen LogP contribution in [-0.2, 0) is 0 Å². The lowest BCUT2D eigenvalue weighted by atomic mass is 10.2. The van der Waals surface area contributed by atoms with Crippen LogP contribution in [0.1, 0.15) is 26.2 Å². The van der Waals surface area contributed by atoms with Gasteiger partial charge in [-0.05, 0) is 30.9 Å². The molecular weight excluding hydrogens is 214 g/mol. The highest BCUT2D eigenvalue weighted by Gasteiger charge is 2.27. The van der Waals surface area contributed by atoms with E-state index in [1.165, 1.54) is 30.8 Å². The van der Waals surface area contributed by atoms with Gasteiger partial charge in [0, 0.05) is 11.3 Å². The Bertz CT molecular complexity index is 263. The molecule has 1 aromatic rings. The summed E-state index contributed by atoms with van der Waals surface area (Å²) in [5.74, 6) is 0. The van der Waals surface area contributed by atoms with Crippen LogP contribution in [0.3, 0.4) is 0 Å². The first-order chi connectivity index (χ1) is 6.90. The maximum absolute atomic E-state index is 4.22. The van der Waals surface area contributed by atoms with Gasteiger partial charge in [-0.25, -0.2) is 4.98 Å². The lowest BCUT2D eigenvalue weighted by Crippen LogP contribution is -2.33. The van der Waals surface area contributed by atoms with Crippen LogP contribution in [0.25, 0.3) is 0 Å². The summed E-state index contributed by atoms with van der Waals surface area (Å²) in [6.07, 6.45) is 5.60. The molecule has 0 aliphatic heterocycles. The summed E-state index contributed by atoms with van der Waals surface area (Å²) in [6, 6.07) is 0.675. The van der Waals surface area contributed by atoms with Crippen molar-refractivity contribution in [2.24, 2.45) is 0 Å². The highest BCUT2D eigenvalue weighted by Crippen LogP contribution is 2.35. The van der Waals surface area contributed by atoms with Gasteiger partial charge in [-0.15, -0.1) is 0 Å². The van der Waals surface area contributed by atoms with Crippen LogP contribution in [0.4, 0.5) is 0 Å². The van der Waals surface area contributed by atoms with Gasteiger partial charge >= 0.3 is 0 Å². The van der Waals surface area contributed by atoms with Crippen LogP contribution in [0.15, 0.2) is 10.7 Å². The zero-order valence-corrected chi connectivity index (χ0v) is 9.90. The second kappa shape index (κ2) is 5.09. The largest absolute Gasteiger partial charge is 0.313 e. The molecular formula is C9H15N3S2. The van der Waals surface area contributed by atoms with Gasteiger partial charge < -0.3 is 5.32 Å². The Morgan fingerprint density at radius 3 is 3.29 bits per heavy atom. The molecule has 0 aromatic carbocycles. The highest BCUT2D eigenvalue weighted by atomic mass is 32.2. The minimum absolute atomic E-state index is 0.675. The van der Waals surface area contributed by atoms with Gasteiger partial charge in [-0.2, -0.15) is 4.37 Å². The second-order valence-electron chi connectivity index (χ2n) is 3.46. The van der Waals surface area contributed by atoms with Gasteiger partial charge in [0.25, 0.3) is 0 Å². The number of rotatable bonds is 4. The fraction of sp³-hybridized carbons (Fsp3) is 0.778. The fourth-order valence-corrected chi connectivity index (χ4v) is 3.91. The maximum Gasteiger partial charge on any atom is 0.170 e. The van der Waals surface area contributed by atoms with E-state index in [-0.39, 0.29) is 0 Å². The molecule has 1 fully saturated rings. The second-order valence-corrected chi connectivity index (χ2v) is 5.72. The molecule has 0 bridgehead atoms. The highest BCUT2D eigenvalue weighted by molar-refractivity contribution is 8.01. The van der Waals surface area contributed by atoms with Crippen molar-refractivity contribution in [2.75, 3.05) is 6.54 Å². The number of nitrogens with zero attached hydrogens (tertiary/aromatic N) is 2. The van der Waals surface area contributed by atoms with Gasteiger partial charge in [-0.3, -0.25) is 0 Å². The SMILES string of the molecule is CCNC1CCCC1Sc1ncns1. The molecule has 2 atom stereocenters. The third kappa shape index (κ3) is 2.46. The van der Waals surface area contributed by atoms with Gasteiger partial charge in [-0.1, -0.05) is 25.1 Å². The number of hydrogen-bond donors (Lipinski definition) is 1. The molecule has 0 amide bonds. The Kier molecular flexibility index (Phi) is 3.78. The predicted molar refractivity (Wildman–Crippen MR) is 60.9 cm³/mol. The smallest absolute Gasteiger partial charge is 0.170 e. The van der Waals surface area contributed by atoms with Gasteiger partial charge in [0.1, 0.15) is 6.33 Å². The van der Waals surface area contributed by atoms with Crippen LogP contribution in [0.5, 0.6) is 0 Å². The van der Waals surface area contributed by atoms with Gasteiger partial charge in [0.15, 0.2) is 4.34 Å². The summed E-state index contributed by atoms with van der Waals surface area (Å²) in [5, 5.41) is 4.24. The Morgan fingerprint density at radius 2 is 2.57 bits per heavy atom. The normalized spacial score (nSPS) is 26.9. The Balaban J connectivity index is 1.90. The first-order valence-electron chi connectivity index (χ1n) is 5.07. The van der Waals surface area contributed by atoms with Crippen molar-refractivity contribution in [1.82, 2.24) is 14.7 Å². The topological polar surface area (TPSA) is 37.8 Å². The monoisotopic (exact) mass is 229 g/mol. The van der Waals surface area contributed by atoms with Crippen LogP contribution in [0.2, 0.25) is 0 Å². The summed E-state index contributed by atoms with van der Waals surface area (Å²) >= 11 is 3.39. The van der Waals surface area contributed by atoms with Crippen LogP contribution >= 0.6 is 23.3 Å². The molecule has 2 rings (SSSR count). The third-order valence-corrected chi connectivity index (χ3v) is 4.66. The van der Waals surface area contributed by atoms with Crippen LogP contribution in [-0.4, -0.2) is 27.2 Å².